The highest BCUT2D eigenvalue weighted by Gasteiger charge is 2.38. The molecule has 0 aromatic rings. The molecule has 0 bridgehead atoms. The molecule has 0 atom stereocenters. The fourth-order valence-corrected chi connectivity index (χ4v) is 3.36. The summed E-state index contributed by atoms with van der Waals surface area (Å²) in [7, 11) is 0. The highest BCUT2D eigenvalue weighted by molar-refractivity contribution is 8.14. The first-order valence-corrected chi connectivity index (χ1v) is 6.88. The zero-order valence-electron chi connectivity index (χ0n) is 9.00. The maximum absolute atomic E-state index is 5.41. The van der Waals surface area contributed by atoms with Crippen molar-refractivity contribution >= 4 is 16.9 Å². The van der Waals surface area contributed by atoms with Gasteiger partial charge >= 0.3 is 0 Å². The molecule has 3 rings (SSSR count). The Labute approximate surface area is 95.1 Å². The molecule has 3 nitrogen and oxygen atoms in total. The fraction of sp³-hybridized carbons (Fsp3) is 0.909. The minimum atomic E-state index is 0.311. The lowest BCUT2D eigenvalue weighted by molar-refractivity contribution is 0.0555. The maximum atomic E-state index is 5.41. The van der Waals surface area contributed by atoms with Crippen molar-refractivity contribution in [2.45, 2.75) is 31.2 Å². The van der Waals surface area contributed by atoms with Gasteiger partial charge in [-0.1, -0.05) is 11.8 Å². The van der Waals surface area contributed by atoms with Gasteiger partial charge in [-0.3, -0.25) is 4.99 Å². The van der Waals surface area contributed by atoms with Gasteiger partial charge in [0.25, 0.3) is 0 Å². The van der Waals surface area contributed by atoms with Gasteiger partial charge < -0.3 is 10.1 Å². The highest BCUT2D eigenvalue weighted by atomic mass is 32.2. The number of amidine groups is 1. The SMILES string of the molecule is C1CC2(CCO1)CSC(=NCC1CC1)N2. The van der Waals surface area contributed by atoms with Crippen molar-refractivity contribution in [2.75, 3.05) is 25.5 Å². The van der Waals surface area contributed by atoms with E-state index in [9.17, 15) is 0 Å². The monoisotopic (exact) mass is 226 g/mol. The van der Waals surface area contributed by atoms with E-state index in [0.717, 1.165) is 38.5 Å². The molecule has 15 heavy (non-hydrogen) atoms. The number of nitrogens with zero attached hydrogens (tertiary/aromatic N) is 1. The van der Waals surface area contributed by atoms with Crippen molar-refractivity contribution in [3.05, 3.63) is 0 Å². The lowest BCUT2D eigenvalue weighted by Crippen LogP contribution is -2.48. The largest absolute Gasteiger partial charge is 0.381 e. The fourth-order valence-electron chi connectivity index (χ4n) is 2.13. The summed E-state index contributed by atoms with van der Waals surface area (Å²) in [6.45, 7) is 2.86. The Bertz CT molecular complexity index is 270. The minimum absolute atomic E-state index is 0.311. The number of rotatable bonds is 2. The van der Waals surface area contributed by atoms with E-state index in [0.29, 0.717) is 5.54 Å². The van der Waals surface area contributed by atoms with Crippen LogP contribution in [-0.4, -0.2) is 36.2 Å². The average molecular weight is 226 g/mol. The molecule has 1 spiro atoms. The summed E-state index contributed by atoms with van der Waals surface area (Å²) >= 11 is 1.90. The second-order valence-corrected chi connectivity index (χ2v) is 5.86. The van der Waals surface area contributed by atoms with Gasteiger partial charge in [-0.05, 0) is 31.6 Å². The molecule has 84 valence electrons. The van der Waals surface area contributed by atoms with Crippen molar-refractivity contribution in [1.29, 1.82) is 0 Å². The molecule has 0 amide bonds. The average Bonchev–Trinajstić information content (AvgIpc) is 3.02. The second kappa shape index (κ2) is 3.98. The molecule has 3 fully saturated rings. The van der Waals surface area contributed by atoms with Crippen LogP contribution in [0.4, 0.5) is 0 Å². The van der Waals surface area contributed by atoms with E-state index in [1.807, 2.05) is 11.8 Å². The van der Waals surface area contributed by atoms with Gasteiger partial charge in [0, 0.05) is 25.5 Å². The second-order valence-electron chi connectivity index (χ2n) is 4.90. The molecule has 1 saturated carbocycles. The number of ether oxygens (including phenoxy) is 1. The van der Waals surface area contributed by atoms with Gasteiger partial charge in [-0.25, -0.2) is 0 Å². The van der Waals surface area contributed by atoms with Gasteiger partial charge in [0.15, 0.2) is 5.17 Å². The molecule has 3 aliphatic rings. The van der Waals surface area contributed by atoms with E-state index in [1.54, 1.807) is 0 Å². The van der Waals surface area contributed by atoms with Gasteiger partial charge in [0.2, 0.25) is 0 Å². The smallest absolute Gasteiger partial charge is 0.157 e. The lowest BCUT2D eigenvalue weighted by atomic mass is 9.93. The molecule has 4 heteroatoms. The topological polar surface area (TPSA) is 33.6 Å². The van der Waals surface area contributed by atoms with E-state index in [2.05, 4.69) is 10.3 Å². The highest BCUT2D eigenvalue weighted by Crippen LogP contribution is 2.33. The maximum Gasteiger partial charge on any atom is 0.157 e. The van der Waals surface area contributed by atoms with Crippen molar-refractivity contribution in [3.8, 4) is 0 Å². The van der Waals surface area contributed by atoms with Crippen LogP contribution in [0.25, 0.3) is 0 Å². The van der Waals surface area contributed by atoms with Crippen LogP contribution in [0.5, 0.6) is 0 Å². The normalized spacial score (nSPS) is 32.1. The van der Waals surface area contributed by atoms with Crippen LogP contribution in [0, 0.1) is 5.92 Å². The van der Waals surface area contributed by atoms with Crippen molar-refractivity contribution in [2.24, 2.45) is 10.9 Å². The van der Waals surface area contributed by atoms with E-state index in [-0.39, 0.29) is 0 Å². The van der Waals surface area contributed by atoms with Gasteiger partial charge in [0.1, 0.15) is 0 Å². The quantitative estimate of drug-likeness (QED) is 0.777. The standard InChI is InChI=1S/C11H18N2OS/c1-2-9(1)7-12-10-13-11(8-15-10)3-5-14-6-4-11/h9H,1-8H2,(H,12,13). The summed E-state index contributed by atoms with van der Waals surface area (Å²) in [5, 5.41) is 4.81. The molecular weight excluding hydrogens is 208 g/mol. The molecule has 0 unspecified atom stereocenters. The Morgan fingerprint density at radius 1 is 1.40 bits per heavy atom. The van der Waals surface area contributed by atoms with E-state index >= 15 is 0 Å². The van der Waals surface area contributed by atoms with E-state index < -0.39 is 0 Å². The van der Waals surface area contributed by atoms with Crippen molar-refractivity contribution in [3.63, 3.8) is 0 Å². The zero-order valence-corrected chi connectivity index (χ0v) is 9.81. The predicted octanol–water partition coefficient (Wildman–Crippen LogP) is 1.64. The Balaban J connectivity index is 1.58. The van der Waals surface area contributed by atoms with Crippen LogP contribution >= 0.6 is 11.8 Å². The Morgan fingerprint density at radius 2 is 2.20 bits per heavy atom. The van der Waals surface area contributed by atoms with Gasteiger partial charge in [-0.15, -0.1) is 0 Å². The van der Waals surface area contributed by atoms with Crippen LogP contribution < -0.4 is 5.32 Å². The number of hydrogen-bond donors (Lipinski definition) is 1. The first kappa shape index (κ1) is 9.97. The third-order valence-corrected chi connectivity index (χ3v) is 4.70. The lowest BCUT2D eigenvalue weighted by Gasteiger charge is -2.32. The first-order chi connectivity index (χ1) is 7.36. The van der Waals surface area contributed by atoms with Crippen LogP contribution in [0.3, 0.4) is 0 Å². The van der Waals surface area contributed by atoms with Crippen LogP contribution in [0.2, 0.25) is 0 Å². The summed E-state index contributed by atoms with van der Waals surface area (Å²) in [4.78, 5) is 4.66. The first-order valence-electron chi connectivity index (χ1n) is 5.90. The molecule has 2 saturated heterocycles. The predicted molar refractivity (Wildman–Crippen MR) is 63.4 cm³/mol. The molecular formula is C11H18N2OS. The van der Waals surface area contributed by atoms with E-state index in [4.69, 9.17) is 4.74 Å². The summed E-state index contributed by atoms with van der Waals surface area (Å²) < 4.78 is 5.41. The third kappa shape index (κ3) is 2.31. The number of nitrogens with one attached hydrogen (secondary N) is 1. The summed E-state index contributed by atoms with van der Waals surface area (Å²) in [6, 6.07) is 0. The summed E-state index contributed by atoms with van der Waals surface area (Å²) in [6.07, 6.45) is 5.06. The molecule has 2 aliphatic heterocycles. The van der Waals surface area contributed by atoms with E-state index in [1.165, 1.54) is 23.8 Å². The Hall–Kier alpha value is -0.220. The minimum Gasteiger partial charge on any atom is -0.381 e. The van der Waals surface area contributed by atoms with Gasteiger partial charge in [0.05, 0.1) is 5.54 Å². The Kier molecular flexibility index (Phi) is 2.64. The van der Waals surface area contributed by atoms with Crippen molar-refractivity contribution < 1.29 is 4.74 Å². The number of aliphatic imine (C=N–C) groups is 1. The van der Waals surface area contributed by atoms with Gasteiger partial charge in [-0.2, -0.15) is 0 Å². The van der Waals surface area contributed by atoms with Crippen LogP contribution in [-0.2, 0) is 4.74 Å². The molecule has 1 N–H and O–H groups in total. The zero-order chi connectivity index (χ0) is 10.1. The molecule has 0 aromatic carbocycles. The van der Waals surface area contributed by atoms with Crippen LogP contribution in [0.15, 0.2) is 4.99 Å². The number of hydrogen-bond acceptors (Lipinski definition) is 3. The summed E-state index contributed by atoms with van der Waals surface area (Å²) in [5.41, 5.74) is 0.311. The molecule has 0 radical (unpaired) electrons. The molecule has 0 aromatic heterocycles. The molecule has 1 aliphatic carbocycles. The molecule has 2 heterocycles. The van der Waals surface area contributed by atoms with Crippen LogP contribution in [0.1, 0.15) is 25.7 Å². The number of thioether (sulfide) groups is 1. The van der Waals surface area contributed by atoms with Crippen molar-refractivity contribution in [1.82, 2.24) is 5.32 Å². The summed E-state index contributed by atoms with van der Waals surface area (Å²) in [5.74, 6) is 2.07. The third-order valence-electron chi connectivity index (χ3n) is 3.50. The Morgan fingerprint density at radius 3 is 2.93 bits per heavy atom.